The fourth-order valence-electron chi connectivity index (χ4n) is 1.91. The summed E-state index contributed by atoms with van der Waals surface area (Å²) < 4.78 is 1.22. The lowest BCUT2D eigenvalue weighted by atomic mass is 10.1. The molecule has 1 aromatic carbocycles. The normalized spacial score (nSPS) is 10.3. The van der Waals surface area contributed by atoms with Crippen LogP contribution in [-0.4, -0.2) is 21.6 Å². The molecule has 5 nitrogen and oxygen atoms in total. The molecule has 0 atom stereocenters. The second kappa shape index (κ2) is 5.06. The number of nitrogens with zero attached hydrogens (tertiary/aromatic N) is 2. The van der Waals surface area contributed by atoms with Crippen LogP contribution in [0.1, 0.15) is 24.2 Å². The lowest BCUT2D eigenvalue weighted by Crippen LogP contribution is -2.16. The highest BCUT2D eigenvalue weighted by atomic mass is 16.2. The van der Waals surface area contributed by atoms with Gasteiger partial charge in [-0.15, -0.1) is 0 Å². The highest BCUT2D eigenvalue weighted by Crippen LogP contribution is 2.27. The summed E-state index contributed by atoms with van der Waals surface area (Å²) in [6.45, 7) is 4.64. The van der Waals surface area contributed by atoms with Crippen molar-refractivity contribution in [2.24, 2.45) is 0 Å². The van der Waals surface area contributed by atoms with Crippen molar-refractivity contribution < 1.29 is 9.59 Å². The molecule has 2 aromatic rings. The third kappa shape index (κ3) is 2.54. The first-order chi connectivity index (χ1) is 9.00. The number of anilines is 1. The van der Waals surface area contributed by atoms with Gasteiger partial charge in [0.15, 0.2) is 0 Å². The molecule has 1 N–H and O–H groups in total. The van der Waals surface area contributed by atoms with Gasteiger partial charge in [0.25, 0.3) is 0 Å². The van der Waals surface area contributed by atoms with Gasteiger partial charge >= 0.3 is 0 Å². The Labute approximate surface area is 111 Å². The van der Waals surface area contributed by atoms with E-state index in [1.165, 1.54) is 18.5 Å². The summed E-state index contributed by atoms with van der Waals surface area (Å²) in [6, 6.07) is 9.55. The second-order valence-corrected chi connectivity index (χ2v) is 4.30. The highest BCUT2D eigenvalue weighted by molar-refractivity contribution is 5.93. The lowest BCUT2D eigenvalue weighted by molar-refractivity contribution is -0.114. The van der Waals surface area contributed by atoms with Crippen molar-refractivity contribution >= 4 is 17.6 Å². The van der Waals surface area contributed by atoms with Crippen molar-refractivity contribution in [2.45, 2.75) is 20.8 Å². The molecular weight excluding hydrogens is 242 g/mol. The van der Waals surface area contributed by atoms with Gasteiger partial charge in [-0.05, 0) is 6.92 Å². The van der Waals surface area contributed by atoms with Gasteiger partial charge < -0.3 is 5.32 Å². The van der Waals surface area contributed by atoms with Crippen LogP contribution in [-0.2, 0) is 4.79 Å². The van der Waals surface area contributed by atoms with Gasteiger partial charge in [0.1, 0.15) is 5.82 Å². The number of hydrogen-bond acceptors (Lipinski definition) is 3. The van der Waals surface area contributed by atoms with E-state index in [0.717, 1.165) is 11.1 Å². The Morgan fingerprint density at radius 3 is 2.32 bits per heavy atom. The van der Waals surface area contributed by atoms with E-state index >= 15 is 0 Å². The molecule has 98 valence electrons. The summed E-state index contributed by atoms with van der Waals surface area (Å²) in [7, 11) is 0. The molecule has 0 aliphatic carbocycles. The molecule has 0 saturated heterocycles. The lowest BCUT2D eigenvalue weighted by Gasteiger charge is -2.04. The molecule has 2 rings (SSSR count). The van der Waals surface area contributed by atoms with Crippen LogP contribution in [0.3, 0.4) is 0 Å². The molecule has 0 radical (unpaired) electrons. The van der Waals surface area contributed by atoms with Crippen LogP contribution in [0.5, 0.6) is 0 Å². The SMILES string of the molecule is CC(=O)Nc1c(C)c(-c2ccccc2)nn1C(C)=O. The molecule has 0 aliphatic heterocycles. The Bertz CT molecular complexity index is 630. The Morgan fingerprint density at radius 2 is 1.79 bits per heavy atom. The second-order valence-electron chi connectivity index (χ2n) is 4.30. The first-order valence-corrected chi connectivity index (χ1v) is 5.94. The molecular formula is C14H15N3O2. The predicted octanol–water partition coefficient (Wildman–Crippen LogP) is 2.48. The Morgan fingerprint density at radius 1 is 1.16 bits per heavy atom. The van der Waals surface area contributed by atoms with E-state index < -0.39 is 0 Å². The van der Waals surface area contributed by atoms with Crippen LogP contribution >= 0.6 is 0 Å². The zero-order valence-corrected chi connectivity index (χ0v) is 11.1. The van der Waals surface area contributed by atoms with Crippen LogP contribution < -0.4 is 5.32 Å². The molecule has 0 fully saturated rings. The summed E-state index contributed by atoms with van der Waals surface area (Å²) in [6.07, 6.45) is 0. The van der Waals surface area contributed by atoms with Crippen LogP contribution in [0.15, 0.2) is 30.3 Å². The zero-order valence-electron chi connectivity index (χ0n) is 11.1. The monoisotopic (exact) mass is 257 g/mol. The topological polar surface area (TPSA) is 64.0 Å². The molecule has 19 heavy (non-hydrogen) atoms. The Balaban J connectivity index is 2.59. The van der Waals surface area contributed by atoms with Gasteiger partial charge in [-0.3, -0.25) is 9.59 Å². The standard InChI is InChI=1S/C14H15N3O2/c1-9-13(12-7-5-4-6-8-12)16-17(11(3)19)14(9)15-10(2)18/h4-8H,1-3H3,(H,15,18). The Kier molecular flexibility index (Phi) is 3.46. The maximum absolute atomic E-state index is 11.6. The summed E-state index contributed by atoms with van der Waals surface area (Å²) in [5, 5.41) is 6.94. The average Bonchev–Trinajstić information content (AvgIpc) is 2.68. The van der Waals surface area contributed by atoms with Gasteiger partial charge in [-0.2, -0.15) is 9.78 Å². The van der Waals surface area contributed by atoms with Crippen LogP contribution in [0.2, 0.25) is 0 Å². The third-order valence-corrected chi connectivity index (χ3v) is 2.76. The van der Waals surface area contributed by atoms with E-state index in [1.54, 1.807) is 0 Å². The van der Waals surface area contributed by atoms with E-state index in [9.17, 15) is 9.59 Å². The molecule has 1 amide bonds. The van der Waals surface area contributed by atoms with Crippen molar-refractivity contribution in [1.82, 2.24) is 9.78 Å². The van der Waals surface area contributed by atoms with E-state index in [0.29, 0.717) is 11.5 Å². The van der Waals surface area contributed by atoms with Crippen molar-refractivity contribution in [3.63, 3.8) is 0 Å². The van der Waals surface area contributed by atoms with E-state index in [1.807, 2.05) is 37.3 Å². The maximum atomic E-state index is 11.6. The summed E-state index contributed by atoms with van der Waals surface area (Å²) in [5.74, 6) is -0.0435. The van der Waals surface area contributed by atoms with E-state index in [4.69, 9.17) is 0 Å². The molecule has 0 unspecified atom stereocenters. The van der Waals surface area contributed by atoms with Gasteiger partial charge in [0.2, 0.25) is 11.8 Å². The summed E-state index contributed by atoms with van der Waals surface area (Å²) in [5.41, 5.74) is 2.38. The fraction of sp³-hybridized carbons (Fsp3) is 0.214. The van der Waals surface area contributed by atoms with Crippen LogP contribution in [0.4, 0.5) is 5.82 Å². The number of benzene rings is 1. The minimum absolute atomic E-state index is 0.231. The fourth-order valence-corrected chi connectivity index (χ4v) is 1.91. The van der Waals surface area contributed by atoms with E-state index in [2.05, 4.69) is 10.4 Å². The smallest absolute Gasteiger partial charge is 0.245 e. The van der Waals surface area contributed by atoms with Crippen molar-refractivity contribution in [2.75, 3.05) is 5.32 Å². The Hall–Kier alpha value is -2.43. The largest absolute Gasteiger partial charge is 0.310 e. The third-order valence-electron chi connectivity index (χ3n) is 2.76. The van der Waals surface area contributed by atoms with Crippen molar-refractivity contribution in [3.05, 3.63) is 35.9 Å². The number of nitrogens with one attached hydrogen (secondary N) is 1. The number of aromatic nitrogens is 2. The maximum Gasteiger partial charge on any atom is 0.245 e. The summed E-state index contributed by atoms with van der Waals surface area (Å²) >= 11 is 0. The molecule has 1 aromatic heterocycles. The molecule has 0 bridgehead atoms. The quantitative estimate of drug-likeness (QED) is 0.898. The van der Waals surface area contributed by atoms with Gasteiger partial charge in [0.05, 0.1) is 5.69 Å². The minimum atomic E-state index is -0.242. The summed E-state index contributed by atoms with van der Waals surface area (Å²) in [4.78, 5) is 22.8. The van der Waals surface area contributed by atoms with Crippen LogP contribution in [0.25, 0.3) is 11.3 Å². The number of carbonyl (C=O) groups excluding carboxylic acids is 2. The number of carbonyl (C=O) groups is 2. The molecule has 1 heterocycles. The number of amides is 1. The molecule has 0 saturated carbocycles. The van der Waals surface area contributed by atoms with Crippen molar-refractivity contribution in [1.29, 1.82) is 0 Å². The first-order valence-electron chi connectivity index (χ1n) is 5.94. The molecule has 0 aliphatic rings. The van der Waals surface area contributed by atoms with Gasteiger partial charge in [0, 0.05) is 25.0 Å². The first kappa shape index (κ1) is 13.0. The van der Waals surface area contributed by atoms with E-state index in [-0.39, 0.29) is 11.8 Å². The minimum Gasteiger partial charge on any atom is -0.310 e. The van der Waals surface area contributed by atoms with Gasteiger partial charge in [-0.1, -0.05) is 30.3 Å². The predicted molar refractivity (Wildman–Crippen MR) is 73.0 cm³/mol. The zero-order chi connectivity index (χ0) is 14.0. The number of hydrogen-bond donors (Lipinski definition) is 1. The van der Waals surface area contributed by atoms with Gasteiger partial charge in [-0.25, -0.2) is 0 Å². The molecule has 0 spiro atoms. The highest BCUT2D eigenvalue weighted by Gasteiger charge is 2.18. The molecule has 5 heteroatoms. The van der Waals surface area contributed by atoms with Crippen LogP contribution in [0, 0.1) is 6.92 Å². The average molecular weight is 257 g/mol. The van der Waals surface area contributed by atoms with Crippen molar-refractivity contribution in [3.8, 4) is 11.3 Å². The number of rotatable bonds is 2.